The molecule has 0 aliphatic carbocycles. The van der Waals surface area contributed by atoms with Crippen LogP contribution in [0.1, 0.15) is 0 Å². The van der Waals surface area contributed by atoms with E-state index in [-0.39, 0.29) is 0 Å². The predicted molar refractivity (Wildman–Crippen MR) is 68.6 cm³/mol. The molecule has 0 radical (unpaired) electrons. The standard InChI is InChI=1S/C12H22O11/c13-1-4-6(15)8(17)9(18)11(22-4)21-3-12(20)10(19)7(16)5(2-14)23-12/h4-11,13-20H,1-3H2. The molecule has 2 aliphatic heterocycles. The Morgan fingerprint density at radius 2 is 1.43 bits per heavy atom. The van der Waals surface area contributed by atoms with Crippen molar-refractivity contribution in [2.75, 3.05) is 19.8 Å². The van der Waals surface area contributed by atoms with Crippen molar-refractivity contribution >= 4 is 0 Å². The van der Waals surface area contributed by atoms with E-state index >= 15 is 0 Å². The molecule has 2 fully saturated rings. The summed E-state index contributed by atoms with van der Waals surface area (Å²) in [5.41, 5.74) is 0. The summed E-state index contributed by atoms with van der Waals surface area (Å²) in [7, 11) is 0. The largest absolute Gasteiger partial charge is 0.394 e. The summed E-state index contributed by atoms with van der Waals surface area (Å²) >= 11 is 0. The van der Waals surface area contributed by atoms with Crippen molar-refractivity contribution in [3.63, 3.8) is 0 Å². The molecule has 0 aromatic rings. The molecule has 2 rings (SSSR count). The van der Waals surface area contributed by atoms with Crippen LogP contribution in [0.3, 0.4) is 0 Å². The van der Waals surface area contributed by atoms with Gasteiger partial charge in [0.05, 0.1) is 13.2 Å². The Bertz CT molecular complexity index is 393. The zero-order valence-electron chi connectivity index (χ0n) is 12.0. The maximum atomic E-state index is 10.1. The number of aliphatic hydroxyl groups excluding tert-OH is 7. The number of aliphatic hydroxyl groups is 8. The van der Waals surface area contributed by atoms with E-state index in [1.807, 2.05) is 0 Å². The van der Waals surface area contributed by atoms with E-state index in [1.54, 1.807) is 0 Å². The highest BCUT2D eigenvalue weighted by Crippen LogP contribution is 2.31. The Kier molecular flexibility index (Phi) is 5.92. The minimum absolute atomic E-state index is 0.652. The van der Waals surface area contributed by atoms with Gasteiger partial charge in [-0.3, -0.25) is 0 Å². The Hall–Kier alpha value is -0.440. The smallest absolute Gasteiger partial charge is 0.219 e. The summed E-state index contributed by atoms with van der Waals surface area (Å²) in [6, 6.07) is 0. The van der Waals surface area contributed by atoms with Crippen molar-refractivity contribution in [2.24, 2.45) is 0 Å². The van der Waals surface area contributed by atoms with Crippen LogP contribution in [0.5, 0.6) is 0 Å². The minimum Gasteiger partial charge on any atom is -0.394 e. The van der Waals surface area contributed by atoms with Crippen LogP contribution in [-0.2, 0) is 14.2 Å². The van der Waals surface area contributed by atoms with Crippen molar-refractivity contribution in [2.45, 2.75) is 54.8 Å². The number of hydrogen-bond acceptors (Lipinski definition) is 11. The van der Waals surface area contributed by atoms with Crippen LogP contribution < -0.4 is 0 Å². The normalized spacial score (nSPS) is 51.1. The molecule has 0 saturated carbocycles. The van der Waals surface area contributed by atoms with Gasteiger partial charge in [0.1, 0.15) is 49.3 Å². The number of rotatable bonds is 5. The average Bonchev–Trinajstić information content (AvgIpc) is 2.76. The molecule has 23 heavy (non-hydrogen) atoms. The third-order valence-electron chi connectivity index (χ3n) is 4.00. The zero-order valence-corrected chi connectivity index (χ0v) is 12.0. The van der Waals surface area contributed by atoms with Gasteiger partial charge in [-0.1, -0.05) is 0 Å². The van der Waals surface area contributed by atoms with E-state index in [9.17, 15) is 30.6 Å². The van der Waals surface area contributed by atoms with Crippen molar-refractivity contribution in [1.82, 2.24) is 0 Å². The fourth-order valence-electron chi connectivity index (χ4n) is 2.54. The molecule has 9 unspecified atom stereocenters. The van der Waals surface area contributed by atoms with Crippen LogP contribution in [0.25, 0.3) is 0 Å². The van der Waals surface area contributed by atoms with Crippen molar-refractivity contribution in [3.8, 4) is 0 Å². The topological polar surface area (TPSA) is 190 Å². The van der Waals surface area contributed by atoms with E-state index in [4.69, 9.17) is 24.4 Å². The van der Waals surface area contributed by atoms with E-state index < -0.39 is 74.6 Å². The van der Waals surface area contributed by atoms with E-state index in [1.165, 1.54) is 0 Å². The first-order chi connectivity index (χ1) is 10.7. The van der Waals surface area contributed by atoms with E-state index in [0.29, 0.717) is 0 Å². The van der Waals surface area contributed by atoms with Crippen LogP contribution in [-0.4, -0.2) is 115 Å². The molecule has 8 N–H and O–H groups in total. The van der Waals surface area contributed by atoms with E-state index in [0.717, 1.165) is 0 Å². The molecule has 2 heterocycles. The second kappa shape index (κ2) is 7.21. The van der Waals surface area contributed by atoms with Crippen molar-refractivity contribution in [1.29, 1.82) is 0 Å². The maximum absolute atomic E-state index is 10.1. The van der Waals surface area contributed by atoms with Gasteiger partial charge in [-0.2, -0.15) is 0 Å². The number of hydrogen-bond donors (Lipinski definition) is 8. The van der Waals surface area contributed by atoms with Gasteiger partial charge in [-0.25, -0.2) is 0 Å². The Morgan fingerprint density at radius 1 is 0.826 bits per heavy atom. The van der Waals surface area contributed by atoms with Gasteiger partial charge < -0.3 is 55.1 Å². The lowest BCUT2D eigenvalue weighted by Crippen LogP contribution is -2.60. The van der Waals surface area contributed by atoms with Crippen LogP contribution >= 0.6 is 0 Å². The molecule has 0 aromatic carbocycles. The maximum Gasteiger partial charge on any atom is 0.219 e. The lowest BCUT2D eigenvalue weighted by molar-refractivity contribution is -0.332. The van der Waals surface area contributed by atoms with Gasteiger partial charge >= 0.3 is 0 Å². The molecular formula is C12H22O11. The molecule has 0 amide bonds. The van der Waals surface area contributed by atoms with Gasteiger partial charge in [-0.05, 0) is 0 Å². The molecule has 2 saturated heterocycles. The molecule has 11 nitrogen and oxygen atoms in total. The second-order valence-corrected chi connectivity index (χ2v) is 5.63. The van der Waals surface area contributed by atoms with Crippen LogP contribution in [0.15, 0.2) is 0 Å². The van der Waals surface area contributed by atoms with Crippen molar-refractivity contribution < 1.29 is 55.1 Å². The molecule has 0 spiro atoms. The monoisotopic (exact) mass is 342 g/mol. The van der Waals surface area contributed by atoms with Crippen LogP contribution in [0.2, 0.25) is 0 Å². The molecule has 136 valence electrons. The highest BCUT2D eigenvalue weighted by Gasteiger charge is 2.54. The Morgan fingerprint density at radius 3 is 1.96 bits per heavy atom. The summed E-state index contributed by atoms with van der Waals surface area (Å²) < 4.78 is 15.1. The first-order valence-electron chi connectivity index (χ1n) is 7.04. The lowest BCUT2D eigenvalue weighted by atomic mass is 9.99. The predicted octanol–water partition coefficient (Wildman–Crippen LogP) is -5.40. The number of ether oxygens (including phenoxy) is 3. The molecule has 2 aliphatic rings. The van der Waals surface area contributed by atoms with E-state index in [2.05, 4.69) is 0 Å². The summed E-state index contributed by atoms with van der Waals surface area (Å²) in [6.07, 6.45) is -12.2. The summed E-state index contributed by atoms with van der Waals surface area (Å²) in [6.45, 7) is -2.08. The second-order valence-electron chi connectivity index (χ2n) is 5.63. The average molecular weight is 342 g/mol. The van der Waals surface area contributed by atoms with Crippen LogP contribution in [0, 0.1) is 0 Å². The van der Waals surface area contributed by atoms with Crippen LogP contribution in [0.4, 0.5) is 0 Å². The summed E-state index contributed by atoms with van der Waals surface area (Å²) in [4.78, 5) is 0. The Labute approximate surface area is 130 Å². The van der Waals surface area contributed by atoms with Gasteiger partial charge in [-0.15, -0.1) is 0 Å². The third-order valence-corrected chi connectivity index (χ3v) is 4.00. The molecular weight excluding hydrogens is 320 g/mol. The fourth-order valence-corrected chi connectivity index (χ4v) is 2.54. The Balaban J connectivity index is 1.99. The van der Waals surface area contributed by atoms with Gasteiger partial charge in [0, 0.05) is 0 Å². The minimum atomic E-state index is -2.37. The summed E-state index contributed by atoms with van der Waals surface area (Å²) in [5.74, 6) is -2.37. The first kappa shape index (κ1) is 18.9. The van der Waals surface area contributed by atoms with Gasteiger partial charge in [0.25, 0.3) is 0 Å². The highest BCUT2D eigenvalue weighted by molar-refractivity contribution is 4.96. The van der Waals surface area contributed by atoms with Crippen molar-refractivity contribution in [3.05, 3.63) is 0 Å². The summed E-state index contributed by atoms with van der Waals surface area (Å²) in [5, 5.41) is 76.5. The quantitative estimate of drug-likeness (QED) is 0.238. The first-order valence-corrected chi connectivity index (χ1v) is 7.04. The SMILES string of the molecule is OCC1OC(OCC2(O)OC(CO)C(O)C2O)C(O)C(O)C1O. The van der Waals surface area contributed by atoms with Gasteiger partial charge in [0.15, 0.2) is 6.29 Å². The molecule has 0 bridgehead atoms. The molecule has 0 aromatic heterocycles. The zero-order chi connectivity index (χ0) is 17.4. The lowest BCUT2D eigenvalue weighted by Gasteiger charge is -2.40. The van der Waals surface area contributed by atoms with Gasteiger partial charge in [0.2, 0.25) is 5.79 Å². The fraction of sp³-hybridized carbons (Fsp3) is 1.00. The molecule has 11 heteroatoms. The highest BCUT2D eigenvalue weighted by atomic mass is 16.7. The molecule has 9 atom stereocenters. The third kappa shape index (κ3) is 3.50.